The number of alkyl halides is 3. The highest BCUT2D eigenvalue weighted by atomic mass is 19.4. The lowest BCUT2D eigenvalue weighted by atomic mass is 9.85. The van der Waals surface area contributed by atoms with Crippen LogP contribution in [-0.4, -0.2) is 21.2 Å². The number of phenols is 1. The molecule has 1 amide bonds. The summed E-state index contributed by atoms with van der Waals surface area (Å²) in [6.07, 6.45) is -4.12. The molecule has 0 radical (unpaired) electrons. The van der Waals surface area contributed by atoms with E-state index < -0.39 is 29.5 Å². The lowest BCUT2D eigenvalue weighted by Crippen LogP contribution is -2.29. The van der Waals surface area contributed by atoms with Crippen LogP contribution >= 0.6 is 0 Å². The van der Waals surface area contributed by atoms with Gasteiger partial charge in [0.25, 0.3) is 0 Å². The fraction of sp³-hybridized carbons (Fsp3) is 0.333. The normalized spacial score (nSPS) is 17.4. The van der Waals surface area contributed by atoms with Crippen molar-refractivity contribution < 1.29 is 27.5 Å². The second-order valence-corrected chi connectivity index (χ2v) is 5.62. The van der Waals surface area contributed by atoms with Gasteiger partial charge < -0.3 is 10.4 Å². The Morgan fingerprint density at radius 3 is 2.79 bits per heavy atom. The third-order valence-electron chi connectivity index (χ3n) is 4.00. The van der Waals surface area contributed by atoms with E-state index in [4.69, 9.17) is 5.11 Å². The Hall–Kier alpha value is -2.58. The predicted octanol–water partition coefficient (Wildman–Crippen LogP) is 3.02. The Morgan fingerprint density at radius 2 is 2.12 bits per heavy atom. The van der Waals surface area contributed by atoms with Crippen molar-refractivity contribution in [1.29, 1.82) is 0 Å². The summed E-state index contributed by atoms with van der Waals surface area (Å²) in [5.41, 5.74) is -0.778. The number of aromatic hydroxyl groups is 1. The van der Waals surface area contributed by atoms with Crippen LogP contribution in [0.5, 0.6) is 5.75 Å². The van der Waals surface area contributed by atoms with Crippen molar-refractivity contribution in [3.05, 3.63) is 41.0 Å². The van der Waals surface area contributed by atoms with Gasteiger partial charge in [0.15, 0.2) is 5.69 Å². The van der Waals surface area contributed by atoms with E-state index >= 15 is 0 Å². The average Bonchev–Trinajstić information content (AvgIpc) is 2.93. The second-order valence-electron chi connectivity index (χ2n) is 5.62. The molecule has 0 bridgehead atoms. The van der Waals surface area contributed by atoms with E-state index in [1.165, 1.54) is 12.1 Å². The first kappa shape index (κ1) is 16.3. The highest BCUT2D eigenvalue weighted by Gasteiger charge is 2.40. The van der Waals surface area contributed by atoms with Crippen molar-refractivity contribution in [2.75, 3.05) is 5.32 Å². The molecule has 1 aliphatic carbocycles. The molecule has 1 unspecified atom stereocenters. The molecule has 3 N–H and O–H groups in total. The first-order valence-electron chi connectivity index (χ1n) is 7.18. The zero-order valence-electron chi connectivity index (χ0n) is 12.2. The summed E-state index contributed by atoms with van der Waals surface area (Å²) in [5, 5.41) is 17.2. The number of aryl methyl sites for hydroxylation is 1. The minimum atomic E-state index is -4.59. The summed E-state index contributed by atoms with van der Waals surface area (Å²) < 4.78 is 52.4. The van der Waals surface area contributed by atoms with Crippen LogP contribution in [0, 0.1) is 11.7 Å². The second kappa shape index (κ2) is 5.81. The van der Waals surface area contributed by atoms with Crippen molar-refractivity contribution in [1.82, 2.24) is 10.2 Å². The number of benzene rings is 1. The Labute approximate surface area is 133 Å². The summed E-state index contributed by atoms with van der Waals surface area (Å²) >= 11 is 0. The van der Waals surface area contributed by atoms with Gasteiger partial charge in [-0.3, -0.25) is 9.89 Å². The van der Waals surface area contributed by atoms with Gasteiger partial charge >= 0.3 is 6.18 Å². The molecule has 3 rings (SSSR count). The molecule has 0 spiro atoms. The molecular weight excluding hydrogens is 330 g/mol. The van der Waals surface area contributed by atoms with Gasteiger partial charge in [0.05, 0.1) is 5.69 Å². The Balaban J connectivity index is 1.77. The van der Waals surface area contributed by atoms with Crippen LogP contribution in [0.1, 0.15) is 23.4 Å². The fourth-order valence-corrected chi connectivity index (χ4v) is 2.79. The van der Waals surface area contributed by atoms with Gasteiger partial charge in [-0.25, -0.2) is 4.39 Å². The largest absolute Gasteiger partial charge is 0.508 e. The Bertz CT molecular complexity index is 786. The molecule has 0 saturated heterocycles. The smallest absolute Gasteiger partial charge is 0.435 e. The molecule has 1 atom stereocenters. The SMILES string of the molecule is O=C(Nc1ccc(O)cc1F)C1CCc2[nH]nc(C(F)(F)F)c2C1. The lowest BCUT2D eigenvalue weighted by molar-refractivity contribution is -0.142. The average molecular weight is 343 g/mol. The molecule has 5 nitrogen and oxygen atoms in total. The monoisotopic (exact) mass is 343 g/mol. The number of halogens is 4. The van der Waals surface area contributed by atoms with E-state index in [0.717, 1.165) is 6.07 Å². The van der Waals surface area contributed by atoms with E-state index in [1.54, 1.807) is 0 Å². The van der Waals surface area contributed by atoms with Crippen molar-refractivity contribution in [2.45, 2.75) is 25.4 Å². The number of phenolic OH excluding ortho intramolecular Hbond substituents is 1. The predicted molar refractivity (Wildman–Crippen MR) is 75.8 cm³/mol. The number of fused-ring (bicyclic) bond motifs is 1. The highest BCUT2D eigenvalue weighted by Crippen LogP contribution is 2.36. The number of aromatic amines is 1. The number of nitrogens with zero attached hydrogens (tertiary/aromatic N) is 1. The Morgan fingerprint density at radius 1 is 1.38 bits per heavy atom. The number of hydrogen-bond donors (Lipinski definition) is 3. The number of carbonyl (C=O) groups is 1. The van der Waals surface area contributed by atoms with Crippen LogP contribution in [0.3, 0.4) is 0 Å². The van der Waals surface area contributed by atoms with E-state index in [1.807, 2.05) is 0 Å². The zero-order chi connectivity index (χ0) is 17.5. The third kappa shape index (κ3) is 3.06. The maximum atomic E-state index is 13.6. The van der Waals surface area contributed by atoms with E-state index in [-0.39, 0.29) is 29.8 Å². The van der Waals surface area contributed by atoms with Crippen LogP contribution in [0.15, 0.2) is 18.2 Å². The molecule has 128 valence electrons. The molecule has 2 aromatic rings. The first-order valence-corrected chi connectivity index (χ1v) is 7.18. The van der Waals surface area contributed by atoms with Crippen molar-refractivity contribution in [2.24, 2.45) is 5.92 Å². The number of rotatable bonds is 2. The van der Waals surface area contributed by atoms with Crippen molar-refractivity contribution in [3.63, 3.8) is 0 Å². The minimum absolute atomic E-state index is 0.0138. The fourth-order valence-electron chi connectivity index (χ4n) is 2.79. The van der Waals surface area contributed by atoms with E-state index in [9.17, 15) is 22.4 Å². The number of hydrogen-bond acceptors (Lipinski definition) is 3. The van der Waals surface area contributed by atoms with Gasteiger partial charge in [-0.05, 0) is 31.4 Å². The zero-order valence-corrected chi connectivity index (χ0v) is 12.2. The number of anilines is 1. The summed E-state index contributed by atoms with van der Waals surface area (Å²) in [6.45, 7) is 0. The standard InChI is InChI=1S/C15H13F4N3O2/c16-10-6-8(23)2-4-12(10)20-14(24)7-1-3-11-9(5-7)13(22-21-11)15(17,18)19/h2,4,6-7,23H,1,3,5H2,(H,20,24)(H,21,22). The Kier molecular flexibility index (Phi) is 3.94. The molecule has 1 aliphatic rings. The quantitative estimate of drug-likeness (QED) is 0.579. The number of amides is 1. The summed E-state index contributed by atoms with van der Waals surface area (Å²) in [6, 6.07) is 3.23. The van der Waals surface area contributed by atoms with Crippen LogP contribution in [-0.2, 0) is 23.8 Å². The minimum Gasteiger partial charge on any atom is -0.508 e. The molecule has 1 heterocycles. The van der Waals surface area contributed by atoms with Gasteiger partial charge in [-0.1, -0.05) is 0 Å². The van der Waals surface area contributed by atoms with Crippen LogP contribution in [0.25, 0.3) is 0 Å². The molecule has 1 aromatic carbocycles. The molecular formula is C15H13F4N3O2. The molecule has 0 fully saturated rings. The number of H-pyrrole nitrogens is 1. The first-order chi connectivity index (χ1) is 11.3. The van der Waals surface area contributed by atoms with Gasteiger partial charge in [0, 0.05) is 23.2 Å². The summed E-state index contributed by atoms with van der Waals surface area (Å²) in [4.78, 5) is 12.2. The van der Waals surface area contributed by atoms with Gasteiger partial charge in [0.2, 0.25) is 5.91 Å². The maximum Gasteiger partial charge on any atom is 0.435 e. The maximum absolute atomic E-state index is 13.6. The lowest BCUT2D eigenvalue weighted by Gasteiger charge is -2.22. The van der Waals surface area contributed by atoms with Gasteiger partial charge in [-0.15, -0.1) is 0 Å². The number of carbonyl (C=O) groups excluding carboxylic acids is 1. The summed E-state index contributed by atoms with van der Waals surface area (Å²) in [5.74, 6) is -2.40. The molecule has 1 aromatic heterocycles. The van der Waals surface area contributed by atoms with Crippen LogP contribution < -0.4 is 5.32 Å². The van der Waals surface area contributed by atoms with Crippen molar-refractivity contribution >= 4 is 11.6 Å². The van der Waals surface area contributed by atoms with Crippen molar-refractivity contribution in [3.8, 4) is 5.75 Å². The van der Waals surface area contributed by atoms with Crippen LogP contribution in [0.4, 0.5) is 23.2 Å². The van der Waals surface area contributed by atoms with Gasteiger partial charge in [0.1, 0.15) is 11.6 Å². The molecule has 0 saturated carbocycles. The molecule has 9 heteroatoms. The van der Waals surface area contributed by atoms with E-state index in [0.29, 0.717) is 12.1 Å². The third-order valence-corrected chi connectivity index (χ3v) is 4.00. The number of aromatic nitrogens is 2. The topological polar surface area (TPSA) is 78.0 Å². The van der Waals surface area contributed by atoms with Gasteiger partial charge in [-0.2, -0.15) is 18.3 Å². The molecule has 24 heavy (non-hydrogen) atoms. The van der Waals surface area contributed by atoms with Crippen LogP contribution in [0.2, 0.25) is 0 Å². The van der Waals surface area contributed by atoms with E-state index in [2.05, 4.69) is 15.5 Å². The number of nitrogens with one attached hydrogen (secondary N) is 2. The summed E-state index contributed by atoms with van der Waals surface area (Å²) in [7, 11) is 0. The molecule has 0 aliphatic heterocycles. The highest BCUT2D eigenvalue weighted by molar-refractivity contribution is 5.93.